The van der Waals surface area contributed by atoms with Gasteiger partial charge in [0.05, 0.1) is 27.6 Å². The van der Waals surface area contributed by atoms with E-state index in [2.05, 4.69) is 10.1 Å². The number of fused-ring (bicyclic) bond motifs is 1. The molecule has 0 spiro atoms. The fraction of sp³-hybridized carbons (Fsp3) is 0.250. The van der Waals surface area contributed by atoms with Crippen molar-refractivity contribution in [3.8, 4) is 11.4 Å². The number of hydrogen-bond acceptors (Lipinski definition) is 4. The van der Waals surface area contributed by atoms with Gasteiger partial charge in [-0.2, -0.15) is 18.3 Å². The highest BCUT2D eigenvalue weighted by Crippen LogP contribution is 2.33. The largest absolute Gasteiger partial charge is 0.416 e. The lowest BCUT2D eigenvalue weighted by atomic mass is 10.1. The first-order valence-electron chi connectivity index (χ1n) is 8.82. The molecule has 0 saturated carbocycles. The van der Waals surface area contributed by atoms with Gasteiger partial charge < -0.3 is 4.57 Å². The first-order chi connectivity index (χ1) is 13.6. The fourth-order valence-electron chi connectivity index (χ4n) is 3.31. The minimum Gasteiger partial charge on any atom is -0.327 e. The summed E-state index contributed by atoms with van der Waals surface area (Å²) in [5.74, 6) is 0.448. The van der Waals surface area contributed by atoms with Gasteiger partial charge in [-0.15, -0.1) is 0 Å². The van der Waals surface area contributed by atoms with Crippen LogP contribution in [-0.4, -0.2) is 37.8 Å². The molecule has 150 valence electrons. The lowest BCUT2D eigenvalue weighted by Gasteiger charge is -2.24. The summed E-state index contributed by atoms with van der Waals surface area (Å²) in [6.07, 6.45) is -4.41. The fourth-order valence-corrected chi connectivity index (χ4v) is 4.10. The third-order valence-electron chi connectivity index (χ3n) is 4.81. The van der Waals surface area contributed by atoms with Crippen molar-refractivity contribution in [2.45, 2.75) is 18.3 Å². The van der Waals surface area contributed by atoms with Crippen molar-refractivity contribution in [3.63, 3.8) is 0 Å². The predicted molar refractivity (Wildman–Crippen MR) is 108 cm³/mol. The molecule has 29 heavy (non-hydrogen) atoms. The standard InChI is InChI=1S/C20H17F3N4OS/c1-11-17(25-27(3)19(28)29-11)12-7-8-16-15(10-12)24-18(26(16)2)13-5-4-6-14(9-13)20(21,22)23/h4-11H,1-3H3. The average molecular weight is 418 g/mol. The molecule has 0 saturated heterocycles. The summed E-state index contributed by atoms with van der Waals surface area (Å²) in [6.45, 7) is 1.91. The Bertz CT molecular complexity index is 1150. The van der Waals surface area contributed by atoms with Gasteiger partial charge in [0.2, 0.25) is 0 Å². The summed E-state index contributed by atoms with van der Waals surface area (Å²) >= 11 is 1.19. The lowest BCUT2D eigenvalue weighted by Crippen LogP contribution is -2.31. The second-order valence-electron chi connectivity index (χ2n) is 6.81. The highest BCUT2D eigenvalue weighted by atomic mass is 32.2. The van der Waals surface area contributed by atoms with E-state index in [0.717, 1.165) is 28.9 Å². The number of rotatable bonds is 2. The number of halogens is 3. The van der Waals surface area contributed by atoms with E-state index in [1.807, 2.05) is 25.1 Å². The quantitative estimate of drug-likeness (QED) is 0.578. The zero-order valence-corrected chi connectivity index (χ0v) is 16.7. The number of aryl methyl sites for hydroxylation is 1. The second-order valence-corrected chi connectivity index (χ2v) is 8.10. The molecule has 5 nitrogen and oxygen atoms in total. The van der Waals surface area contributed by atoms with Crippen LogP contribution in [0.3, 0.4) is 0 Å². The first-order valence-corrected chi connectivity index (χ1v) is 9.70. The van der Waals surface area contributed by atoms with Crippen LogP contribution < -0.4 is 0 Å². The summed E-state index contributed by atoms with van der Waals surface area (Å²) in [4.78, 5) is 16.4. The number of nitrogens with zero attached hydrogens (tertiary/aromatic N) is 4. The second kappa shape index (κ2) is 6.91. The highest BCUT2D eigenvalue weighted by Gasteiger charge is 2.31. The van der Waals surface area contributed by atoms with Crippen molar-refractivity contribution in [3.05, 3.63) is 53.6 Å². The maximum atomic E-state index is 13.1. The molecule has 0 radical (unpaired) electrons. The van der Waals surface area contributed by atoms with Crippen LogP contribution in [0.25, 0.3) is 22.4 Å². The van der Waals surface area contributed by atoms with Gasteiger partial charge in [-0.05, 0) is 31.2 Å². The molecule has 0 fully saturated rings. The highest BCUT2D eigenvalue weighted by molar-refractivity contribution is 8.14. The molecule has 3 aromatic rings. The van der Waals surface area contributed by atoms with E-state index in [9.17, 15) is 18.0 Å². The summed E-state index contributed by atoms with van der Waals surface area (Å²) in [7, 11) is 3.37. The smallest absolute Gasteiger partial charge is 0.327 e. The van der Waals surface area contributed by atoms with Crippen molar-refractivity contribution in [1.82, 2.24) is 14.6 Å². The first kappa shape index (κ1) is 19.5. The Kier molecular flexibility index (Phi) is 4.65. The van der Waals surface area contributed by atoms with Crippen molar-refractivity contribution in [2.24, 2.45) is 12.1 Å². The SMILES string of the molecule is CC1SC(=O)N(C)N=C1c1ccc2c(c1)nc(-c1cccc(C(F)(F)F)c1)n2C. The third kappa shape index (κ3) is 3.50. The molecule has 1 aliphatic rings. The molecule has 0 aliphatic carbocycles. The summed E-state index contributed by atoms with van der Waals surface area (Å²) in [5.41, 5.74) is 2.71. The number of imidazole rings is 1. The van der Waals surface area contributed by atoms with E-state index in [0.29, 0.717) is 16.9 Å². The van der Waals surface area contributed by atoms with Crippen LogP contribution in [-0.2, 0) is 13.2 Å². The van der Waals surface area contributed by atoms with Crippen LogP contribution in [0.5, 0.6) is 0 Å². The maximum Gasteiger partial charge on any atom is 0.416 e. The van der Waals surface area contributed by atoms with Crippen LogP contribution in [0.4, 0.5) is 18.0 Å². The zero-order valence-electron chi connectivity index (χ0n) is 15.9. The third-order valence-corrected chi connectivity index (χ3v) is 5.85. The number of hydrogen-bond donors (Lipinski definition) is 0. The van der Waals surface area contributed by atoms with Crippen LogP contribution in [0.15, 0.2) is 47.6 Å². The van der Waals surface area contributed by atoms with Gasteiger partial charge in [0.15, 0.2) is 0 Å². The molecule has 1 amide bonds. The van der Waals surface area contributed by atoms with Crippen LogP contribution >= 0.6 is 11.8 Å². The number of benzene rings is 2. The molecular weight excluding hydrogens is 401 g/mol. The predicted octanol–water partition coefficient (Wildman–Crippen LogP) is 5.15. The molecule has 4 rings (SSSR count). The molecule has 2 heterocycles. The molecule has 2 aromatic carbocycles. The number of carbonyl (C=O) groups is 1. The van der Waals surface area contributed by atoms with E-state index in [-0.39, 0.29) is 10.5 Å². The normalized spacial score (nSPS) is 17.7. The molecular formula is C20H17F3N4OS. The Morgan fingerprint density at radius 1 is 1.07 bits per heavy atom. The van der Waals surface area contributed by atoms with Gasteiger partial charge in [-0.3, -0.25) is 4.79 Å². The number of thioether (sulfide) groups is 1. The van der Waals surface area contributed by atoms with E-state index < -0.39 is 11.7 Å². The van der Waals surface area contributed by atoms with Crippen LogP contribution in [0.2, 0.25) is 0 Å². The zero-order chi connectivity index (χ0) is 20.9. The van der Waals surface area contributed by atoms with E-state index in [4.69, 9.17) is 0 Å². The average Bonchev–Trinajstić information content (AvgIpc) is 3.00. The molecule has 0 bridgehead atoms. The molecule has 1 atom stereocenters. The summed E-state index contributed by atoms with van der Waals surface area (Å²) in [5, 5.41) is 5.44. The van der Waals surface area contributed by atoms with E-state index in [1.165, 1.54) is 22.8 Å². The summed E-state index contributed by atoms with van der Waals surface area (Å²) < 4.78 is 41.0. The maximum absolute atomic E-state index is 13.1. The number of amides is 1. The number of carbonyl (C=O) groups excluding carboxylic acids is 1. The van der Waals surface area contributed by atoms with Gasteiger partial charge in [0.25, 0.3) is 0 Å². The minimum atomic E-state index is -4.41. The Hall–Kier alpha value is -2.81. The summed E-state index contributed by atoms with van der Waals surface area (Å²) in [6, 6.07) is 10.7. The van der Waals surface area contributed by atoms with Gasteiger partial charge in [0.1, 0.15) is 5.82 Å². The van der Waals surface area contributed by atoms with E-state index in [1.54, 1.807) is 24.7 Å². The Labute approximate surface area is 169 Å². The molecule has 0 N–H and O–H groups in total. The van der Waals surface area contributed by atoms with Gasteiger partial charge >= 0.3 is 11.4 Å². The molecule has 9 heteroatoms. The molecule has 1 aromatic heterocycles. The van der Waals surface area contributed by atoms with E-state index >= 15 is 0 Å². The number of hydrazone groups is 1. The van der Waals surface area contributed by atoms with Gasteiger partial charge in [-0.25, -0.2) is 9.99 Å². The van der Waals surface area contributed by atoms with Crippen molar-refractivity contribution < 1.29 is 18.0 Å². The van der Waals surface area contributed by atoms with Gasteiger partial charge in [-0.1, -0.05) is 30.0 Å². The topological polar surface area (TPSA) is 50.5 Å². The number of alkyl halides is 3. The van der Waals surface area contributed by atoms with Crippen molar-refractivity contribution in [2.75, 3.05) is 7.05 Å². The van der Waals surface area contributed by atoms with Crippen molar-refractivity contribution in [1.29, 1.82) is 0 Å². The monoisotopic (exact) mass is 418 g/mol. The lowest BCUT2D eigenvalue weighted by molar-refractivity contribution is -0.137. The van der Waals surface area contributed by atoms with Crippen LogP contribution in [0, 0.1) is 0 Å². The Morgan fingerprint density at radius 3 is 2.55 bits per heavy atom. The Morgan fingerprint density at radius 2 is 1.83 bits per heavy atom. The number of aromatic nitrogens is 2. The van der Waals surface area contributed by atoms with Gasteiger partial charge in [0, 0.05) is 25.2 Å². The van der Waals surface area contributed by atoms with Crippen molar-refractivity contribution >= 4 is 33.7 Å². The molecule has 1 unspecified atom stereocenters. The Balaban J connectivity index is 1.79. The molecule has 1 aliphatic heterocycles. The minimum absolute atomic E-state index is 0.109. The van der Waals surface area contributed by atoms with Crippen LogP contribution in [0.1, 0.15) is 18.1 Å².